The molecule has 9 aromatic rings. The number of nitrogens with zero attached hydrogens (tertiary/aromatic N) is 1. The lowest BCUT2D eigenvalue weighted by Crippen LogP contribution is -1.98. The number of hydrogen-bond acceptors (Lipinski definition) is 2. The lowest BCUT2D eigenvalue weighted by Gasteiger charge is -2.21. The van der Waals surface area contributed by atoms with Gasteiger partial charge in [0.1, 0.15) is 22.7 Å². The standard InChI is InChI=1S/C40H23NO2/c1-3-15-34-28(10-1)32-22-33-30-13-5-8-25-9-6-17-37(39(25)30)42-38(33)23-35(32)41(34)26-20-18-24(19-21-26)27-12-7-14-31-29-11-2-4-16-36(29)43-40(27)31/h1-23H. The summed E-state index contributed by atoms with van der Waals surface area (Å²) < 4.78 is 15.2. The molecule has 3 heteroatoms. The molecule has 200 valence electrons. The van der Waals surface area contributed by atoms with Crippen LogP contribution in [0.1, 0.15) is 0 Å². The number of ether oxygens (including phenoxy) is 1. The van der Waals surface area contributed by atoms with Crippen molar-refractivity contribution in [1.29, 1.82) is 0 Å². The second-order valence-corrected chi connectivity index (χ2v) is 11.3. The number of para-hydroxylation sites is 3. The highest BCUT2D eigenvalue weighted by Gasteiger charge is 2.23. The highest BCUT2D eigenvalue weighted by atomic mass is 16.5. The Morgan fingerprint density at radius 3 is 2.12 bits per heavy atom. The molecule has 0 aliphatic carbocycles. The molecule has 10 rings (SSSR count). The summed E-state index contributed by atoms with van der Waals surface area (Å²) in [6.45, 7) is 0. The van der Waals surface area contributed by atoms with Crippen molar-refractivity contribution in [2.45, 2.75) is 0 Å². The van der Waals surface area contributed by atoms with Crippen LogP contribution in [0.5, 0.6) is 11.5 Å². The number of hydrogen-bond donors (Lipinski definition) is 0. The third-order valence-corrected chi connectivity index (χ3v) is 8.99. The Bertz CT molecular complexity index is 2580. The molecule has 0 atom stereocenters. The summed E-state index contributed by atoms with van der Waals surface area (Å²) in [6.07, 6.45) is 0. The van der Waals surface area contributed by atoms with Crippen molar-refractivity contribution in [3.05, 3.63) is 140 Å². The van der Waals surface area contributed by atoms with Gasteiger partial charge in [-0.2, -0.15) is 0 Å². The normalized spacial score (nSPS) is 12.4. The second-order valence-electron chi connectivity index (χ2n) is 11.3. The van der Waals surface area contributed by atoms with Crippen LogP contribution in [0.4, 0.5) is 0 Å². The smallest absolute Gasteiger partial charge is 0.143 e. The fraction of sp³-hybridized carbons (Fsp3) is 0. The highest BCUT2D eigenvalue weighted by molar-refractivity contribution is 6.14. The van der Waals surface area contributed by atoms with Gasteiger partial charge in [-0.05, 0) is 52.9 Å². The lowest BCUT2D eigenvalue weighted by atomic mass is 9.93. The van der Waals surface area contributed by atoms with Crippen molar-refractivity contribution < 1.29 is 9.15 Å². The maximum atomic E-state index is 6.56. The van der Waals surface area contributed by atoms with Crippen LogP contribution in [-0.2, 0) is 0 Å². The van der Waals surface area contributed by atoms with Gasteiger partial charge in [0.05, 0.1) is 11.0 Å². The summed E-state index contributed by atoms with van der Waals surface area (Å²) in [4.78, 5) is 0. The minimum atomic E-state index is 0.885. The molecular weight excluding hydrogens is 526 g/mol. The summed E-state index contributed by atoms with van der Waals surface area (Å²) in [7, 11) is 0. The first-order valence-corrected chi connectivity index (χ1v) is 14.6. The zero-order valence-corrected chi connectivity index (χ0v) is 23.0. The number of furan rings is 1. The van der Waals surface area contributed by atoms with Gasteiger partial charge < -0.3 is 13.7 Å². The van der Waals surface area contributed by atoms with Crippen LogP contribution in [0, 0.1) is 0 Å². The van der Waals surface area contributed by atoms with Crippen LogP contribution in [-0.4, -0.2) is 4.57 Å². The third kappa shape index (κ3) is 3.14. The second kappa shape index (κ2) is 8.37. The average Bonchev–Trinajstić information content (AvgIpc) is 3.60. The van der Waals surface area contributed by atoms with E-state index in [9.17, 15) is 0 Å². The summed E-state index contributed by atoms with van der Waals surface area (Å²) in [5.74, 6) is 1.79. The average molecular weight is 550 g/mol. The Kier molecular flexibility index (Phi) is 4.45. The molecule has 0 amide bonds. The number of fused-ring (bicyclic) bond motifs is 8. The van der Waals surface area contributed by atoms with E-state index < -0.39 is 0 Å². The van der Waals surface area contributed by atoms with E-state index in [1.165, 1.54) is 32.6 Å². The van der Waals surface area contributed by atoms with Gasteiger partial charge in [0.15, 0.2) is 0 Å². The van der Waals surface area contributed by atoms with Crippen molar-refractivity contribution in [3.63, 3.8) is 0 Å². The minimum Gasteiger partial charge on any atom is -0.456 e. The Hall–Kier alpha value is -5.80. The van der Waals surface area contributed by atoms with E-state index in [1.807, 2.05) is 12.1 Å². The summed E-state index contributed by atoms with van der Waals surface area (Å²) in [5.41, 5.74) is 9.80. The lowest BCUT2D eigenvalue weighted by molar-refractivity contribution is 0.487. The van der Waals surface area contributed by atoms with Crippen molar-refractivity contribution in [2.75, 3.05) is 0 Å². The molecule has 7 aromatic carbocycles. The molecule has 43 heavy (non-hydrogen) atoms. The molecule has 0 saturated carbocycles. The predicted molar refractivity (Wildman–Crippen MR) is 177 cm³/mol. The Labute approximate surface area is 246 Å². The van der Waals surface area contributed by atoms with Gasteiger partial charge in [-0.3, -0.25) is 0 Å². The first-order chi connectivity index (χ1) is 21.3. The number of benzene rings is 7. The van der Waals surface area contributed by atoms with E-state index in [1.54, 1.807) is 0 Å². The van der Waals surface area contributed by atoms with Crippen molar-refractivity contribution in [2.24, 2.45) is 0 Å². The first kappa shape index (κ1) is 22.8. The Morgan fingerprint density at radius 1 is 0.465 bits per heavy atom. The van der Waals surface area contributed by atoms with Crippen LogP contribution < -0.4 is 4.74 Å². The van der Waals surface area contributed by atoms with Crippen LogP contribution in [0.3, 0.4) is 0 Å². The zero-order valence-electron chi connectivity index (χ0n) is 23.0. The van der Waals surface area contributed by atoms with Crippen molar-refractivity contribution in [1.82, 2.24) is 4.57 Å². The maximum Gasteiger partial charge on any atom is 0.143 e. The molecular formula is C40H23NO2. The molecule has 3 heterocycles. The van der Waals surface area contributed by atoms with E-state index in [0.29, 0.717) is 0 Å². The highest BCUT2D eigenvalue weighted by Crippen LogP contribution is 2.49. The van der Waals surface area contributed by atoms with E-state index in [-0.39, 0.29) is 0 Å². The zero-order chi connectivity index (χ0) is 28.1. The number of aromatic nitrogens is 1. The minimum absolute atomic E-state index is 0.885. The van der Waals surface area contributed by atoms with E-state index in [4.69, 9.17) is 9.15 Å². The number of rotatable bonds is 2. The SMILES string of the molecule is c1cc2c3c(cccc3c1)-c1cc3c4ccccc4n(-c4ccc(-c5cccc6c5oc5ccccc56)cc4)c3cc1O2. The molecule has 2 aromatic heterocycles. The summed E-state index contributed by atoms with van der Waals surface area (Å²) in [5, 5.41) is 7.09. The van der Waals surface area contributed by atoms with Crippen LogP contribution >= 0.6 is 0 Å². The fourth-order valence-corrected chi connectivity index (χ4v) is 7.07. The van der Waals surface area contributed by atoms with Crippen LogP contribution in [0.2, 0.25) is 0 Å². The summed E-state index contributed by atoms with van der Waals surface area (Å²) in [6, 6.07) is 49.4. The monoisotopic (exact) mass is 549 g/mol. The topological polar surface area (TPSA) is 27.3 Å². The van der Waals surface area contributed by atoms with E-state index >= 15 is 0 Å². The predicted octanol–water partition coefficient (Wildman–Crippen LogP) is 11.3. The van der Waals surface area contributed by atoms with Crippen molar-refractivity contribution in [3.8, 4) is 39.4 Å². The molecule has 1 aliphatic heterocycles. The molecule has 0 saturated heterocycles. The molecule has 0 spiro atoms. The first-order valence-electron chi connectivity index (χ1n) is 14.6. The molecule has 0 fully saturated rings. The molecule has 3 nitrogen and oxygen atoms in total. The van der Waals surface area contributed by atoms with Gasteiger partial charge in [0.2, 0.25) is 0 Å². The largest absolute Gasteiger partial charge is 0.456 e. The maximum absolute atomic E-state index is 6.56. The van der Waals surface area contributed by atoms with Gasteiger partial charge in [0, 0.05) is 49.8 Å². The molecule has 0 unspecified atom stereocenters. The van der Waals surface area contributed by atoms with Gasteiger partial charge in [0.25, 0.3) is 0 Å². The Balaban J connectivity index is 1.17. The molecule has 1 aliphatic rings. The van der Waals surface area contributed by atoms with Gasteiger partial charge in [-0.25, -0.2) is 0 Å². The fourth-order valence-electron chi connectivity index (χ4n) is 7.07. The van der Waals surface area contributed by atoms with Gasteiger partial charge in [-0.15, -0.1) is 0 Å². The van der Waals surface area contributed by atoms with Gasteiger partial charge >= 0.3 is 0 Å². The van der Waals surface area contributed by atoms with E-state index in [0.717, 1.165) is 61.3 Å². The van der Waals surface area contributed by atoms with E-state index in [2.05, 4.69) is 132 Å². The molecule has 0 N–H and O–H groups in total. The Morgan fingerprint density at radius 2 is 1.21 bits per heavy atom. The van der Waals surface area contributed by atoms with Crippen molar-refractivity contribution >= 4 is 54.5 Å². The summed E-state index contributed by atoms with van der Waals surface area (Å²) >= 11 is 0. The quantitative estimate of drug-likeness (QED) is 0.214. The van der Waals surface area contributed by atoms with Crippen LogP contribution in [0.15, 0.2) is 144 Å². The van der Waals surface area contributed by atoms with Crippen LogP contribution in [0.25, 0.3) is 82.5 Å². The third-order valence-electron chi connectivity index (χ3n) is 8.99. The molecule has 0 bridgehead atoms. The molecule has 0 radical (unpaired) electrons. The van der Waals surface area contributed by atoms with Gasteiger partial charge in [-0.1, -0.05) is 97.1 Å².